The highest BCUT2D eigenvalue weighted by molar-refractivity contribution is 5.96. The van der Waals surface area contributed by atoms with Crippen LogP contribution in [0.5, 0.6) is 0 Å². The van der Waals surface area contributed by atoms with E-state index in [0.29, 0.717) is 25.3 Å². The second-order valence-corrected chi connectivity index (χ2v) is 7.85. The van der Waals surface area contributed by atoms with Crippen molar-refractivity contribution in [2.45, 2.75) is 6.04 Å². The number of morpholine rings is 1. The molecule has 1 saturated heterocycles. The van der Waals surface area contributed by atoms with E-state index in [2.05, 4.69) is 34.5 Å². The van der Waals surface area contributed by atoms with Gasteiger partial charge in [0.2, 0.25) is 0 Å². The molecule has 4 rings (SSSR count). The highest BCUT2D eigenvalue weighted by Crippen LogP contribution is 2.24. The van der Waals surface area contributed by atoms with Crippen molar-refractivity contribution in [1.29, 1.82) is 0 Å². The maximum absolute atomic E-state index is 12.9. The highest BCUT2D eigenvalue weighted by atomic mass is 16.5. The van der Waals surface area contributed by atoms with E-state index in [1.807, 2.05) is 31.1 Å². The Hall–Kier alpha value is -3.16. The highest BCUT2D eigenvalue weighted by Gasteiger charge is 2.24. The Morgan fingerprint density at radius 3 is 2.52 bits per heavy atom. The number of nitrogens with one attached hydrogen (secondary N) is 1. The lowest BCUT2D eigenvalue weighted by Gasteiger charge is -2.35. The van der Waals surface area contributed by atoms with Gasteiger partial charge in [0, 0.05) is 44.8 Å². The summed E-state index contributed by atoms with van der Waals surface area (Å²) in [4.78, 5) is 29.5. The molecule has 2 aromatic carbocycles. The number of hydrogen-bond donors (Lipinski definition) is 1. The van der Waals surface area contributed by atoms with Crippen LogP contribution in [0.3, 0.4) is 0 Å². The van der Waals surface area contributed by atoms with Gasteiger partial charge in [-0.3, -0.25) is 9.69 Å². The summed E-state index contributed by atoms with van der Waals surface area (Å²) in [6.07, 6.45) is 0. The van der Waals surface area contributed by atoms with Crippen LogP contribution in [0, 0.1) is 0 Å². The van der Waals surface area contributed by atoms with Gasteiger partial charge in [0.25, 0.3) is 5.91 Å². The smallest absolute Gasteiger partial charge is 0.349 e. The maximum Gasteiger partial charge on any atom is 0.349 e. The van der Waals surface area contributed by atoms with Crippen LogP contribution in [-0.2, 0) is 4.74 Å². The molecule has 0 spiro atoms. The SMILES string of the molecule is CN(C)c1ccc([C@H](CNC(=O)c2cc3ccccc3oc2=O)N2CCOCC2)cc1. The largest absolute Gasteiger partial charge is 0.422 e. The standard InChI is InChI=1S/C24H27N3O4/c1-26(2)19-9-7-17(8-10-19)21(27-11-13-30-14-12-27)16-25-23(28)20-15-18-5-3-4-6-22(18)31-24(20)29/h3-10,15,21H,11-14,16H2,1-2H3,(H,25,28)/t21-/m0/s1. The molecule has 0 saturated carbocycles. The van der Waals surface area contributed by atoms with Gasteiger partial charge in [-0.1, -0.05) is 30.3 Å². The van der Waals surface area contributed by atoms with Crippen LogP contribution in [0.25, 0.3) is 11.0 Å². The summed E-state index contributed by atoms with van der Waals surface area (Å²) >= 11 is 0. The Labute approximate surface area is 181 Å². The molecule has 0 bridgehead atoms. The number of nitrogens with zero attached hydrogens (tertiary/aromatic N) is 2. The number of amides is 1. The first kappa shape index (κ1) is 21.1. The molecule has 1 aromatic heterocycles. The van der Waals surface area contributed by atoms with Gasteiger partial charge in [-0.05, 0) is 29.8 Å². The van der Waals surface area contributed by atoms with E-state index in [1.165, 1.54) is 0 Å². The number of hydrogen-bond acceptors (Lipinski definition) is 6. The fourth-order valence-electron chi connectivity index (χ4n) is 3.85. The molecule has 0 radical (unpaired) electrons. The number of carbonyl (C=O) groups is 1. The molecule has 1 N–H and O–H groups in total. The third-order valence-electron chi connectivity index (χ3n) is 5.62. The van der Waals surface area contributed by atoms with E-state index in [1.54, 1.807) is 18.2 Å². The van der Waals surface area contributed by atoms with Crippen molar-refractivity contribution < 1.29 is 13.9 Å². The van der Waals surface area contributed by atoms with Crippen molar-refractivity contribution in [1.82, 2.24) is 10.2 Å². The summed E-state index contributed by atoms with van der Waals surface area (Å²) in [5.74, 6) is -0.428. The zero-order valence-corrected chi connectivity index (χ0v) is 17.8. The topological polar surface area (TPSA) is 75.0 Å². The Morgan fingerprint density at radius 1 is 1.10 bits per heavy atom. The van der Waals surface area contributed by atoms with Gasteiger partial charge in [-0.15, -0.1) is 0 Å². The van der Waals surface area contributed by atoms with Crippen LogP contribution in [-0.4, -0.2) is 57.8 Å². The third-order valence-corrected chi connectivity index (χ3v) is 5.62. The van der Waals surface area contributed by atoms with E-state index in [4.69, 9.17) is 9.15 Å². The first-order chi connectivity index (χ1) is 15.0. The molecule has 2 heterocycles. The van der Waals surface area contributed by atoms with Crippen molar-refractivity contribution >= 4 is 22.6 Å². The van der Waals surface area contributed by atoms with Crippen molar-refractivity contribution in [3.05, 3.63) is 76.1 Å². The zero-order valence-electron chi connectivity index (χ0n) is 17.8. The predicted molar refractivity (Wildman–Crippen MR) is 121 cm³/mol. The van der Waals surface area contributed by atoms with Gasteiger partial charge in [-0.25, -0.2) is 4.79 Å². The predicted octanol–water partition coefficient (Wildman–Crippen LogP) is 2.66. The Balaban J connectivity index is 1.55. The lowest BCUT2D eigenvalue weighted by molar-refractivity contribution is 0.0162. The minimum Gasteiger partial charge on any atom is -0.422 e. The quantitative estimate of drug-likeness (QED) is 0.617. The maximum atomic E-state index is 12.9. The lowest BCUT2D eigenvalue weighted by atomic mass is 10.0. The lowest BCUT2D eigenvalue weighted by Crippen LogP contribution is -2.44. The first-order valence-corrected chi connectivity index (χ1v) is 10.4. The molecule has 0 unspecified atom stereocenters. The zero-order chi connectivity index (χ0) is 21.8. The average molecular weight is 421 g/mol. The molecule has 1 atom stereocenters. The van der Waals surface area contributed by atoms with Gasteiger partial charge < -0.3 is 19.4 Å². The van der Waals surface area contributed by atoms with Crippen LogP contribution in [0.15, 0.2) is 63.8 Å². The molecule has 7 nitrogen and oxygen atoms in total. The average Bonchev–Trinajstić information content (AvgIpc) is 2.79. The van der Waals surface area contributed by atoms with Crippen LogP contribution in [0.2, 0.25) is 0 Å². The first-order valence-electron chi connectivity index (χ1n) is 10.4. The minimum absolute atomic E-state index is 0.0161. The number of rotatable bonds is 6. The van der Waals surface area contributed by atoms with E-state index in [0.717, 1.165) is 29.7 Å². The molecule has 0 aliphatic carbocycles. The molecule has 3 aromatic rings. The molecule has 1 amide bonds. The van der Waals surface area contributed by atoms with Crippen LogP contribution >= 0.6 is 0 Å². The Kier molecular flexibility index (Phi) is 6.34. The van der Waals surface area contributed by atoms with E-state index in [-0.39, 0.29) is 11.6 Å². The monoisotopic (exact) mass is 421 g/mol. The summed E-state index contributed by atoms with van der Waals surface area (Å²) in [5.41, 5.74) is 2.08. The number of para-hydroxylation sites is 1. The number of ether oxygens (including phenoxy) is 1. The second kappa shape index (κ2) is 9.32. The molecule has 7 heteroatoms. The fraction of sp³-hybridized carbons (Fsp3) is 0.333. The molecule has 1 aliphatic rings. The van der Waals surface area contributed by atoms with Crippen molar-refractivity contribution in [3.8, 4) is 0 Å². The number of carbonyl (C=O) groups excluding carboxylic acids is 1. The summed E-state index contributed by atoms with van der Waals surface area (Å²) in [5, 5.41) is 3.66. The van der Waals surface area contributed by atoms with Crippen LogP contribution < -0.4 is 15.8 Å². The molecule has 1 aliphatic heterocycles. The second-order valence-electron chi connectivity index (χ2n) is 7.85. The fourth-order valence-corrected chi connectivity index (χ4v) is 3.85. The molecular formula is C24H27N3O4. The normalized spacial score (nSPS) is 15.5. The molecular weight excluding hydrogens is 394 g/mol. The molecule has 162 valence electrons. The summed E-state index contributed by atoms with van der Waals surface area (Å²) in [6, 6.07) is 17.1. The summed E-state index contributed by atoms with van der Waals surface area (Å²) < 4.78 is 10.8. The van der Waals surface area contributed by atoms with Gasteiger partial charge in [0.05, 0.1) is 19.3 Å². The van der Waals surface area contributed by atoms with Gasteiger partial charge >= 0.3 is 5.63 Å². The minimum atomic E-state index is -0.630. The molecule has 31 heavy (non-hydrogen) atoms. The van der Waals surface area contributed by atoms with Gasteiger partial charge in [-0.2, -0.15) is 0 Å². The number of fused-ring (bicyclic) bond motifs is 1. The third kappa shape index (κ3) is 4.78. The number of anilines is 1. The summed E-state index contributed by atoms with van der Waals surface area (Å²) in [7, 11) is 4.01. The van der Waals surface area contributed by atoms with E-state index in [9.17, 15) is 9.59 Å². The Morgan fingerprint density at radius 2 is 1.81 bits per heavy atom. The van der Waals surface area contributed by atoms with Crippen molar-refractivity contribution in [3.63, 3.8) is 0 Å². The van der Waals surface area contributed by atoms with Gasteiger partial charge in [0.1, 0.15) is 11.1 Å². The van der Waals surface area contributed by atoms with Crippen molar-refractivity contribution in [2.75, 3.05) is 51.8 Å². The van der Waals surface area contributed by atoms with Gasteiger partial charge in [0.15, 0.2) is 0 Å². The Bertz CT molecular complexity index is 1100. The van der Waals surface area contributed by atoms with Crippen LogP contribution in [0.4, 0.5) is 5.69 Å². The molecule has 1 fully saturated rings. The van der Waals surface area contributed by atoms with E-state index < -0.39 is 11.5 Å². The number of benzene rings is 2. The van der Waals surface area contributed by atoms with Crippen LogP contribution in [0.1, 0.15) is 22.0 Å². The summed E-state index contributed by atoms with van der Waals surface area (Å²) in [6.45, 7) is 3.28. The van der Waals surface area contributed by atoms with E-state index >= 15 is 0 Å². The van der Waals surface area contributed by atoms with Crippen molar-refractivity contribution in [2.24, 2.45) is 0 Å².